The monoisotopic (exact) mass is 292 g/mol. The summed E-state index contributed by atoms with van der Waals surface area (Å²) in [5.41, 5.74) is 1.93. The number of nitrogens with zero attached hydrogens (tertiary/aromatic N) is 2. The van der Waals surface area contributed by atoms with Gasteiger partial charge in [0.05, 0.1) is 12.0 Å². The molecule has 0 spiro atoms. The highest BCUT2D eigenvalue weighted by molar-refractivity contribution is 9.10. The first-order valence-electron chi connectivity index (χ1n) is 5.44. The Morgan fingerprint density at radius 2 is 2.00 bits per heavy atom. The van der Waals surface area contributed by atoms with Crippen LogP contribution in [-0.4, -0.2) is 9.55 Å². The molecule has 0 saturated heterocycles. The Balaban J connectivity index is 2.16. The number of aryl methyl sites for hydroxylation is 3. The van der Waals surface area contributed by atoms with Crippen molar-refractivity contribution in [1.29, 1.82) is 0 Å². The highest BCUT2D eigenvalue weighted by atomic mass is 79.9. The zero-order valence-corrected chi connectivity index (χ0v) is 11.1. The Hall–Kier alpha value is -1.42. The highest BCUT2D eigenvalue weighted by Crippen LogP contribution is 2.07. The van der Waals surface area contributed by atoms with Crippen LogP contribution in [0.5, 0.6) is 0 Å². The molecule has 0 atom stereocenters. The van der Waals surface area contributed by atoms with Crippen molar-refractivity contribution in [3.05, 3.63) is 62.7 Å². The summed E-state index contributed by atoms with van der Waals surface area (Å²) in [5.74, 6) is 0. The van der Waals surface area contributed by atoms with Crippen LogP contribution in [0, 0.1) is 6.92 Å². The topological polar surface area (TPSA) is 34.9 Å². The van der Waals surface area contributed by atoms with Crippen molar-refractivity contribution < 1.29 is 0 Å². The van der Waals surface area contributed by atoms with Gasteiger partial charge >= 0.3 is 0 Å². The minimum atomic E-state index is -0.0200. The van der Waals surface area contributed by atoms with Crippen molar-refractivity contribution >= 4 is 15.9 Å². The number of benzene rings is 1. The summed E-state index contributed by atoms with van der Waals surface area (Å²) in [6.45, 7) is 2.46. The first-order valence-corrected chi connectivity index (χ1v) is 6.23. The molecule has 0 bridgehead atoms. The minimum Gasteiger partial charge on any atom is -0.298 e. The lowest BCUT2D eigenvalue weighted by Crippen LogP contribution is -2.23. The smallest absolute Gasteiger partial charge is 0.267 e. The zero-order valence-electron chi connectivity index (χ0n) is 9.56. The largest absolute Gasteiger partial charge is 0.298 e. The quantitative estimate of drug-likeness (QED) is 0.871. The van der Waals surface area contributed by atoms with E-state index in [9.17, 15) is 4.79 Å². The average molecular weight is 293 g/mol. The van der Waals surface area contributed by atoms with Gasteiger partial charge in [-0.3, -0.25) is 9.36 Å². The number of halogens is 1. The molecule has 0 aliphatic rings. The predicted molar refractivity (Wildman–Crippen MR) is 71.1 cm³/mol. The van der Waals surface area contributed by atoms with E-state index in [2.05, 4.69) is 33.0 Å². The second-order valence-electron chi connectivity index (χ2n) is 3.88. The van der Waals surface area contributed by atoms with E-state index < -0.39 is 0 Å². The molecule has 1 aromatic heterocycles. The van der Waals surface area contributed by atoms with Crippen LogP contribution < -0.4 is 5.56 Å². The normalized spacial score (nSPS) is 10.5. The molecular weight excluding hydrogens is 280 g/mol. The molecule has 2 rings (SSSR count). The van der Waals surface area contributed by atoms with E-state index in [1.54, 1.807) is 10.9 Å². The van der Waals surface area contributed by atoms with E-state index in [1.165, 1.54) is 5.56 Å². The van der Waals surface area contributed by atoms with Gasteiger partial charge in [0.15, 0.2) is 0 Å². The van der Waals surface area contributed by atoms with Gasteiger partial charge in [-0.1, -0.05) is 30.3 Å². The molecule has 3 nitrogen and oxygen atoms in total. The van der Waals surface area contributed by atoms with Crippen LogP contribution in [0.25, 0.3) is 0 Å². The van der Waals surface area contributed by atoms with E-state index in [4.69, 9.17) is 0 Å². The summed E-state index contributed by atoms with van der Waals surface area (Å²) in [7, 11) is 0. The molecule has 1 heterocycles. The first-order chi connectivity index (χ1) is 8.18. The van der Waals surface area contributed by atoms with Gasteiger partial charge in [-0.05, 0) is 34.8 Å². The molecule has 0 amide bonds. The summed E-state index contributed by atoms with van der Waals surface area (Å²) in [4.78, 5) is 16.1. The average Bonchev–Trinajstić information content (AvgIpc) is 2.36. The van der Waals surface area contributed by atoms with Crippen LogP contribution in [-0.2, 0) is 13.0 Å². The van der Waals surface area contributed by atoms with E-state index in [1.807, 2.05) is 25.1 Å². The van der Waals surface area contributed by atoms with Gasteiger partial charge in [-0.25, -0.2) is 4.98 Å². The second-order valence-corrected chi connectivity index (χ2v) is 4.67. The Kier molecular flexibility index (Phi) is 3.74. The van der Waals surface area contributed by atoms with E-state index in [0.717, 1.165) is 12.1 Å². The maximum Gasteiger partial charge on any atom is 0.267 e. The van der Waals surface area contributed by atoms with Gasteiger partial charge in [0.1, 0.15) is 4.47 Å². The van der Waals surface area contributed by atoms with E-state index >= 15 is 0 Å². The Morgan fingerprint density at radius 3 is 2.71 bits per heavy atom. The van der Waals surface area contributed by atoms with E-state index in [-0.39, 0.29) is 5.56 Å². The Morgan fingerprint density at radius 1 is 1.29 bits per heavy atom. The fourth-order valence-electron chi connectivity index (χ4n) is 1.60. The van der Waals surface area contributed by atoms with Gasteiger partial charge in [-0.2, -0.15) is 0 Å². The molecule has 0 radical (unpaired) electrons. The summed E-state index contributed by atoms with van der Waals surface area (Å²) >= 11 is 3.26. The molecule has 1 aromatic carbocycles. The molecule has 4 heteroatoms. The molecular formula is C13H13BrN2O. The minimum absolute atomic E-state index is 0.0200. The first kappa shape index (κ1) is 12.0. The number of rotatable bonds is 3. The Labute approximate surface area is 108 Å². The van der Waals surface area contributed by atoms with Crippen LogP contribution in [0.1, 0.15) is 11.3 Å². The van der Waals surface area contributed by atoms with Crippen molar-refractivity contribution in [2.24, 2.45) is 0 Å². The number of hydrogen-bond acceptors (Lipinski definition) is 2. The lowest BCUT2D eigenvalue weighted by molar-refractivity contribution is 0.647. The second kappa shape index (κ2) is 5.27. The zero-order chi connectivity index (χ0) is 12.3. The lowest BCUT2D eigenvalue weighted by Gasteiger charge is -2.06. The molecule has 0 unspecified atom stereocenters. The highest BCUT2D eigenvalue weighted by Gasteiger charge is 2.04. The molecule has 0 aliphatic carbocycles. The fourth-order valence-corrected chi connectivity index (χ4v) is 1.93. The van der Waals surface area contributed by atoms with Crippen LogP contribution >= 0.6 is 15.9 Å². The van der Waals surface area contributed by atoms with Crippen LogP contribution in [0.15, 0.2) is 45.9 Å². The maximum atomic E-state index is 11.9. The summed E-state index contributed by atoms with van der Waals surface area (Å²) in [6, 6.07) is 10.1. The number of hydrogen-bond donors (Lipinski definition) is 0. The lowest BCUT2D eigenvalue weighted by atomic mass is 10.1. The Bertz CT molecular complexity index is 563. The van der Waals surface area contributed by atoms with Crippen molar-refractivity contribution in [2.75, 3.05) is 0 Å². The third-order valence-electron chi connectivity index (χ3n) is 2.64. The molecule has 88 valence electrons. The van der Waals surface area contributed by atoms with Crippen molar-refractivity contribution in [3.63, 3.8) is 0 Å². The summed E-state index contributed by atoms with van der Waals surface area (Å²) in [5, 5.41) is 0. The maximum absolute atomic E-state index is 11.9. The van der Waals surface area contributed by atoms with Crippen molar-refractivity contribution in [1.82, 2.24) is 9.55 Å². The van der Waals surface area contributed by atoms with Crippen molar-refractivity contribution in [3.8, 4) is 0 Å². The molecule has 2 aromatic rings. The van der Waals surface area contributed by atoms with Crippen LogP contribution in [0.3, 0.4) is 0 Å². The van der Waals surface area contributed by atoms with Crippen LogP contribution in [0.4, 0.5) is 0 Å². The van der Waals surface area contributed by atoms with Gasteiger partial charge < -0.3 is 0 Å². The molecule has 0 N–H and O–H groups in total. The fraction of sp³-hybridized carbons (Fsp3) is 0.231. The summed E-state index contributed by atoms with van der Waals surface area (Å²) < 4.78 is 2.18. The molecule has 17 heavy (non-hydrogen) atoms. The third kappa shape index (κ3) is 2.82. The molecule has 0 aliphatic heterocycles. The van der Waals surface area contributed by atoms with Gasteiger partial charge in [0.2, 0.25) is 0 Å². The summed E-state index contributed by atoms with van der Waals surface area (Å²) in [6.07, 6.45) is 2.43. The van der Waals surface area contributed by atoms with Gasteiger partial charge in [-0.15, -0.1) is 0 Å². The van der Waals surface area contributed by atoms with Crippen LogP contribution in [0.2, 0.25) is 0 Å². The SMILES string of the molecule is Cc1ncn(CCc2ccccc2)c(=O)c1Br. The number of aromatic nitrogens is 2. The third-order valence-corrected chi connectivity index (χ3v) is 3.55. The standard InChI is InChI=1S/C13H13BrN2O/c1-10-12(14)13(17)16(9-15-10)8-7-11-5-3-2-4-6-11/h2-6,9H,7-8H2,1H3. The van der Waals surface area contributed by atoms with Gasteiger partial charge in [0, 0.05) is 6.54 Å². The molecule has 0 fully saturated rings. The van der Waals surface area contributed by atoms with Crippen molar-refractivity contribution in [2.45, 2.75) is 19.9 Å². The predicted octanol–water partition coefficient (Wildman–Crippen LogP) is 2.56. The van der Waals surface area contributed by atoms with E-state index in [0.29, 0.717) is 11.0 Å². The van der Waals surface area contributed by atoms with Gasteiger partial charge in [0.25, 0.3) is 5.56 Å². The molecule has 0 saturated carbocycles.